The van der Waals surface area contributed by atoms with Crippen LogP contribution >= 0.6 is 33.9 Å². The van der Waals surface area contributed by atoms with Gasteiger partial charge in [-0.2, -0.15) is 0 Å². The molecule has 2 rings (SSSR count). The summed E-state index contributed by atoms with van der Waals surface area (Å²) in [6, 6.07) is 6.31. The van der Waals surface area contributed by atoms with Gasteiger partial charge in [0.25, 0.3) is 0 Å². The van der Waals surface area contributed by atoms with Gasteiger partial charge in [0.15, 0.2) is 0 Å². The molecular weight excluding hydrogens is 293 g/mol. The van der Waals surface area contributed by atoms with Crippen molar-refractivity contribution in [1.29, 1.82) is 0 Å². The molecule has 2 aromatic rings. The van der Waals surface area contributed by atoms with E-state index in [4.69, 9.17) is 0 Å². The van der Waals surface area contributed by atoms with Crippen molar-refractivity contribution in [2.24, 2.45) is 0 Å². The van der Waals surface area contributed by atoms with Crippen LogP contribution in [0.3, 0.4) is 0 Å². The van der Waals surface area contributed by atoms with Gasteiger partial charge in [-0.15, -0.1) is 11.3 Å². The van der Waals surface area contributed by atoms with E-state index in [1.165, 1.54) is 14.0 Å². The highest BCUT2D eigenvalue weighted by atomic mass is 127. The minimum Gasteiger partial charge on any atom is -0.265 e. The van der Waals surface area contributed by atoms with E-state index in [0.29, 0.717) is 0 Å². The molecule has 0 saturated heterocycles. The maximum Gasteiger partial charge on any atom is 0.0688 e. The van der Waals surface area contributed by atoms with Gasteiger partial charge in [0.05, 0.1) is 2.88 Å². The second-order valence-electron chi connectivity index (χ2n) is 2.75. The molecule has 0 aliphatic carbocycles. The highest BCUT2D eigenvalue weighted by molar-refractivity contribution is 14.1. The van der Waals surface area contributed by atoms with Gasteiger partial charge in [0.1, 0.15) is 0 Å². The van der Waals surface area contributed by atoms with Crippen LogP contribution in [0, 0.1) is 2.88 Å². The zero-order chi connectivity index (χ0) is 9.10. The zero-order valence-corrected chi connectivity index (χ0v) is 9.88. The minimum absolute atomic E-state index is 1.02. The van der Waals surface area contributed by atoms with E-state index in [1.807, 2.05) is 12.4 Å². The number of aromatic nitrogens is 1. The third kappa shape index (κ3) is 2.28. The maximum atomic E-state index is 4.00. The first kappa shape index (κ1) is 9.15. The number of pyridine rings is 1. The second kappa shape index (κ2) is 4.19. The quantitative estimate of drug-likeness (QED) is 0.775. The summed E-state index contributed by atoms with van der Waals surface area (Å²) in [5.74, 6) is 0. The van der Waals surface area contributed by atoms with Gasteiger partial charge in [-0.3, -0.25) is 4.98 Å². The average molecular weight is 301 g/mol. The van der Waals surface area contributed by atoms with Crippen molar-refractivity contribution in [2.75, 3.05) is 0 Å². The van der Waals surface area contributed by atoms with Crippen LogP contribution in [0.1, 0.15) is 11.1 Å². The van der Waals surface area contributed by atoms with E-state index in [0.717, 1.165) is 6.42 Å². The number of hydrogen-bond acceptors (Lipinski definition) is 2. The molecule has 2 heterocycles. The Bertz CT molecular complexity index is 383. The zero-order valence-electron chi connectivity index (χ0n) is 6.90. The van der Waals surface area contributed by atoms with Crippen LogP contribution in [0.15, 0.2) is 36.0 Å². The number of thiophene rings is 1. The molecule has 0 atom stereocenters. The monoisotopic (exact) mass is 301 g/mol. The van der Waals surface area contributed by atoms with Crippen LogP contribution in [0.25, 0.3) is 0 Å². The van der Waals surface area contributed by atoms with E-state index in [2.05, 4.69) is 51.2 Å². The standard InChI is InChI=1S/C10H8INS/c11-10-9(3-6-13-10)7-8-1-4-12-5-2-8/h1-6H,7H2. The fourth-order valence-electron chi connectivity index (χ4n) is 1.17. The Kier molecular flexibility index (Phi) is 2.95. The Labute approximate surface area is 95.0 Å². The predicted molar refractivity (Wildman–Crippen MR) is 64.1 cm³/mol. The topological polar surface area (TPSA) is 12.9 Å². The van der Waals surface area contributed by atoms with Crippen molar-refractivity contribution in [3.05, 3.63) is 50.0 Å². The summed E-state index contributed by atoms with van der Waals surface area (Å²) >= 11 is 4.18. The van der Waals surface area contributed by atoms with Gasteiger partial charge in [-0.1, -0.05) is 0 Å². The van der Waals surface area contributed by atoms with E-state index in [9.17, 15) is 0 Å². The SMILES string of the molecule is Ic1sccc1Cc1ccncc1. The van der Waals surface area contributed by atoms with E-state index < -0.39 is 0 Å². The molecule has 0 N–H and O–H groups in total. The first-order valence-electron chi connectivity index (χ1n) is 3.97. The lowest BCUT2D eigenvalue weighted by atomic mass is 10.1. The predicted octanol–water partition coefficient (Wildman–Crippen LogP) is 3.34. The molecule has 0 fully saturated rings. The van der Waals surface area contributed by atoms with Crippen LogP contribution in [-0.4, -0.2) is 4.98 Å². The molecule has 0 aliphatic heterocycles. The molecule has 0 unspecified atom stereocenters. The lowest BCUT2D eigenvalue weighted by Crippen LogP contribution is -1.87. The van der Waals surface area contributed by atoms with Gasteiger partial charge in [-0.25, -0.2) is 0 Å². The number of hydrogen-bond donors (Lipinski definition) is 0. The fraction of sp³-hybridized carbons (Fsp3) is 0.100. The third-order valence-electron chi connectivity index (χ3n) is 1.84. The normalized spacial score (nSPS) is 10.2. The van der Waals surface area contributed by atoms with Crippen LogP contribution in [-0.2, 0) is 6.42 Å². The molecule has 0 aliphatic rings. The smallest absolute Gasteiger partial charge is 0.0688 e. The first-order valence-corrected chi connectivity index (χ1v) is 5.93. The minimum atomic E-state index is 1.02. The van der Waals surface area contributed by atoms with Crippen LogP contribution < -0.4 is 0 Å². The van der Waals surface area contributed by atoms with Crippen molar-refractivity contribution < 1.29 is 0 Å². The van der Waals surface area contributed by atoms with Crippen molar-refractivity contribution in [2.45, 2.75) is 6.42 Å². The van der Waals surface area contributed by atoms with Crippen molar-refractivity contribution >= 4 is 33.9 Å². The van der Waals surface area contributed by atoms with Crippen LogP contribution in [0.4, 0.5) is 0 Å². The maximum absolute atomic E-state index is 4.00. The largest absolute Gasteiger partial charge is 0.265 e. The molecule has 0 spiro atoms. The number of halogens is 1. The van der Waals surface area contributed by atoms with E-state index >= 15 is 0 Å². The summed E-state index contributed by atoms with van der Waals surface area (Å²) in [5.41, 5.74) is 2.74. The Hall–Kier alpha value is -0.420. The highest BCUT2D eigenvalue weighted by Crippen LogP contribution is 2.21. The summed E-state index contributed by atoms with van der Waals surface area (Å²) in [6.07, 6.45) is 4.70. The van der Waals surface area contributed by atoms with Gasteiger partial charge in [0.2, 0.25) is 0 Å². The first-order chi connectivity index (χ1) is 6.36. The summed E-state index contributed by atoms with van der Waals surface area (Å²) in [5, 5.41) is 2.14. The molecular formula is C10H8INS. The van der Waals surface area contributed by atoms with E-state index in [1.54, 1.807) is 11.3 Å². The molecule has 0 aromatic carbocycles. The lowest BCUT2D eigenvalue weighted by molar-refractivity contribution is 1.17. The van der Waals surface area contributed by atoms with Gasteiger partial charge in [-0.05, 0) is 63.7 Å². The molecule has 0 saturated carbocycles. The van der Waals surface area contributed by atoms with Crippen LogP contribution in [0.2, 0.25) is 0 Å². The fourth-order valence-corrected chi connectivity index (χ4v) is 2.62. The van der Waals surface area contributed by atoms with Gasteiger partial charge in [0, 0.05) is 12.4 Å². The summed E-state index contributed by atoms with van der Waals surface area (Å²) < 4.78 is 1.38. The molecule has 2 aromatic heterocycles. The average Bonchev–Trinajstić information content (AvgIpc) is 2.54. The summed E-state index contributed by atoms with van der Waals surface area (Å²) in [7, 11) is 0. The Balaban J connectivity index is 2.20. The Morgan fingerprint density at radius 3 is 2.62 bits per heavy atom. The summed E-state index contributed by atoms with van der Waals surface area (Å²) in [4.78, 5) is 4.00. The molecule has 0 bridgehead atoms. The third-order valence-corrected chi connectivity index (χ3v) is 4.03. The highest BCUT2D eigenvalue weighted by Gasteiger charge is 2.01. The lowest BCUT2D eigenvalue weighted by Gasteiger charge is -1.98. The molecule has 3 heteroatoms. The Morgan fingerprint density at radius 1 is 1.23 bits per heavy atom. The Morgan fingerprint density at radius 2 is 2.00 bits per heavy atom. The number of rotatable bonds is 2. The second-order valence-corrected chi connectivity index (χ2v) is 5.48. The summed E-state index contributed by atoms with van der Waals surface area (Å²) in [6.45, 7) is 0. The molecule has 0 radical (unpaired) electrons. The molecule has 66 valence electrons. The van der Waals surface area contributed by atoms with Crippen molar-refractivity contribution in [3.8, 4) is 0 Å². The van der Waals surface area contributed by atoms with Crippen molar-refractivity contribution in [1.82, 2.24) is 4.98 Å². The number of nitrogens with zero attached hydrogens (tertiary/aromatic N) is 1. The molecule has 1 nitrogen and oxygen atoms in total. The molecule has 13 heavy (non-hydrogen) atoms. The van der Waals surface area contributed by atoms with Gasteiger partial charge < -0.3 is 0 Å². The van der Waals surface area contributed by atoms with Gasteiger partial charge >= 0.3 is 0 Å². The van der Waals surface area contributed by atoms with Crippen molar-refractivity contribution in [3.63, 3.8) is 0 Å². The van der Waals surface area contributed by atoms with E-state index in [-0.39, 0.29) is 0 Å². The van der Waals surface area contributed by atoms with Crippen LogP contribution in [0.5, 0.6) is 0 Å². The molecule has 0 amide bonds.